The minimum atomic E-state index is -1.16. The first kappa shape index (κ1) is 24.3. The summed E-state index contributed by atoms with van der Waals surface area (Å²) in [5.74, 6) is -2.66. The summed E-state index contributed by atoms with van der Waals surface area (Å²) in [4.78, 5) is 52.1. The quantitative estimate of drug-likeness (QED) is 0.464. The number of esters is 2. The Kier molecular flexibility index (Phi) is 8.71. The Morgan fingerprint density at radius 3 is 1.22 bits per heavy atom. The second-order valence-electron chi connectivity index (χ2n) is 7.25. The second-order valence-corrected chi connectivity index (χ2v) is 7.25. The first-order valence-corrected chi connectivity index (χ1v) is 9.82. The smallest absolute Gasteiger partial charge is 0.332 e. The number of ether oxygens (including phenoxy) is 2. The molecule has 8 nitrogen and oxygen atoms in total. The summed E-state index contributed by atoms with van der Waals surface area (Å²) in [5, 5.41) is 0. The van der Waals surface area contributed by atoms with Gasteiger partial charge < -0.3 is 19.3 Å². The molecule has 0 fully saturated rings. The zero-order valence-electron chi connectivity index (χ0n) is 18.4. The number of carbonyl (C=O) groups excluding carboxylic acids is 4. The van der Waals surface area contributed by atoms with E-state index in [-0.39, 0.29) is 0 Å². The van der Waals surface area contributed by atoms with Gasteiger partial charge in [-0.2, -0.15) is 0 Å². The summed E-state index contributed by atoms with van der Waals surface area (Å²) >= 11 is 0. The Hall–Kier alpha value is -3.94. The molecule has 32 heavy (non-hydrogen) atoms. The average Bonchev–Trinajstić information content (AvgIpc) is 2.79. The average molecular weight is 438 g/mol. The number of rotatable bonds is 8. The van der Waals surface area contributed by atoms with E-state index in [1.165, 1.54) is 9.80 Å². The predicted molar refractivity (Wildman–Crippen MR) is 117 cm³/mol. The highest BCUT2D eigenvalue weighted by Gasteiger charge is 2.27. The third kappa shape index (κ3) is 6.80. The lowest BCUT2D eigenvalue weighted by molar-refractivity contribution is -0.157. The minimum Gasteiger partial charge on any atom is -0.444 e. The molecule has 0 unspecified atom stereocenters. The van der Waals surface area contributed by atoms with E-state index in [0.29, 0.717) is 11.1 Å². The van der Waals surface area contributed by atoms with E-state index in [1.807, 2.05) is 0 Å². The van der Waals surface area contributed by atoms with Crippen LogP contribution >= 0.6 is 0 Å². The lowest BCUT2D eigenvalue weighted by Gasteiger charge is -2.21. The molecule has 0 radical (unpaired) electrons. The van der Waals surface area contributed by atoms with E-state index in [9.17, 15) is 19.2 Å². The third-order valence-electron chi connectivity index (χ3n) is 4.36. The van der Waals surface area contributed by atoms with Crippen LogP contribution in [0, 0.1) is 0 Å². The monoisotopic (exact) mass is 438 g/mol. The molecule has 0 saturated heterocycles. The van der Waals surface area contributed by atoms with Crippen LogP contribution in [-0.4, -0.2) is 61.7 Å². The summed E-state index contributed by atoms with van der Waals surface area (Å²) in [5.41, 5.74) is 0.993. The summed E-state index contributed by atoms with van der Waals surface area (Å²) in [6, 6.07) is 17.1. The van der Waals surface area contributed by atoms with E-state index >= 15 is 0 Å². The molecule has 0 heterocycles. The second kappa shape index (κ2) is 11.5. The van der Waals surface area contributed by atoms with Crippen molar-refractivity contribution in [3.05, 3.63) is 83.9 Å². The van der Waals surface area contributed by atoms with Crippen LogP contribution in [0.1, 0.15) is 23.3 Å². The summed E-state index contributed by atoms with van der Waals surface area (Å²) in [6.07, 6.45) is -0.592. The molecule has 2 rings (SSSR count). The molecule has 0 N–H and O–H groups in total. The topological polar surface area (TPSA) is 93.2 Å². The van der Waals surface area contributed by atoms with E-state index < -0.39 is 36.0 Å². The molecule has 0 bridgehead atoms. The van der Waals surface area contributed by atoms with Gasteiger partial charge in [0.05, 0.1) is 0 Å². The SMILES string of the molecule is CN(C)C(=O)[C@@H](OC(=O)/C=C/C(=O)O[C@H](C(=O)N(C)C)c1ccccc1)c1ccccc1. The van der Waals surface area contributed by atoms with Crippen molar-refractivity contribution in [3.63, 3.8) is 0 Å². The number of hydrogen-bond acceptors (Lipinski definition) is 6. The molecule has 0 aliphatic carbocycles. The molecule has 2 atom stereocenters. The highest BCUT2D eigenvalue weighted by molar-refractivity contribution is 5.94. The molecule has 0 saturated carbocycles. The minimum absolute atomic E-state index is 0.429. The van der Waals surface area contributed by atoms with Gasteiger partial charge in [-0.05, 0) is 0 Å². The van der Waals surface area contributed by atoms with Crippen molar-refractivity contribution >= 4 is 23.8 Å². The third-order valence-corrected chi connectivity index (χ3v) is 4.36. The normalized spacial score (nSPS) is 12.5. The predicted octanol–water partition coefficient (Wildman–Crippen LogP) is 2.29. The summed E-state index contributed by atoms with van der Waals surface area (Å²) in [6.45, 7) is 0. The number of likely N-dealkylation sites (N-methyl/N-ethyl adjacent to an activating group) is 2. The maximum atomic E-state index is 12.4. The first-order chi connectivity index (χ1) is 15.2. The van der Waals surface area contributed by atoms with Crippen molar-refractivity contribution in [2.24, 2.45) is 0 Å². The van der Waals surface area contributed by atoms with Crippen molar-refractivity contribution in [1.29, 1.82) is 0 Å². The molecule has 8 heteroatoms. The van der Waals surface area contributed by atoms with Gasteiger partial charge in [-0.25, -0.2) is 9.59 Å². The van der Waals surface area contributed by atoms with Gasteiger partial charge in [0, 0.05) is 51.5 Å². The van der Waals surface area contributed by atoms with Gasteiger partial charge in [-0.1, -0.05) is 60.7 Å². The van der Waals surface area contributed by atoms with Crippen LogP contribution in [0.15, 0.2) is 72.8 Å². The van der Waals surface area contributed by atoms with Crippen LogP contribution in [0.3, 0.4) is 0 Å². The van der Waals surface area contributed by atoms with Gasteiger partial charge in [-0.3, -0.25) is 9.59 Å². The zero-order chi connectivity index (χ0) is 23.7. The molecule has 0 aliphatic rings. The van der Waals surface area contributed by atoms with E-state index in [2.05, 4.69) is 0 Å². The van der Waals surface area contributed by atoms with Gasteiger partial charge in [0.1, 0.15) is 0 Å². The highest BCUT2D eigenvalue weighted by atomic mass is 16.6. The van der Waals surface area contributed by atoms with Crippen LogP contribution in [-0.2, 0) is 28.7 Å². The summed E-state index contributed by atoms with van der Waals surface area (Å²) < 4.78 is 10.6. The molecular weight excluding hydrogens is 412 g/mol. The van der Waals surface area contributed by atoms with Gasteiger partial charge in [0.25, 0.3) is 11.8 Å². The molecule has 0 aliphatic heterocycles. The van der Waals surface area contributed by atoms with Gasteiger partial charge in [0.2, 0.25) is 12.2 Å². The van der Waals surface area contributed by atoms with Crippen LogP contribution in [0.5, 0.6) is 0 Å². The first-order valence-electron chi connectivity index (χ1n) is 9.82. The highest BCUT2D eigenvalue weighted by Crippen LogP contribution is 2.21. The Morgan fingerprint density at radius 2 is 0.938 bits per heavy atom. The molecule has 168 valence electrons. The van der Waals surface area contributed by atoms with Crippen molar-refractivity contribution in [3.8, 4) is 0 Å². The number of hydrogen-bond donors (Lipinski definition) is 0. The fourth-order valence-electron chi connectivity index (χ4n) is 2.69. The van der Waals surface area contributed by atoms with Crippen molar-refractivity contribution in [1.82, 2.24) is 9.80 Å². The fourth-order valence-corrected chi connectivity index (χ4v) is 2.69. The maximum Gasteiger partial charge on any atom is 0.332 e. The van der Waals surface area contributed by atoms with Crippen molar-refractivity contribution in [2.45, 2.75) is 12.2 Å². The molecule has 2 aromatic carbocycles. The fraction of sp³-hybridized carbons (Fsp3) is 0.250. The van der Waals surface area contributed by atoms with Crippen LogP contribution in [0.25, 0.3) is 0 Å². The van der Waals surface area contributed by atoms with E-state index in [1.54, 1.807) is 88.9 Å². The number of amides is 2. The lowest BCUT2D eigenvalue weighted by atomic mass is 10.1. The summed E-state index contributed by atoms with van der Waals surface area (Å²) in [7, 11) is 6.19. The Morgan fingerprint density at radius 1 is 0.625 bits per heavy atom. The molecule has 0 aromatic heterocycles. The van der Waals surface area contributed by atoms with E-state index in [0.717, 1.165) is 12.2 Å². The van der Waals surface area contributed by atoms with E-state index in [4.69, 9.17) is 9.47 Å². The molecular formula is C24H26N2O6. The van der Waals surface area contributed by atoms with Gasteiger partial charge >= 0.3 is 11.9 Å². The standard InChI is InChI=1S/C24H26N2O6/c1-25(2)23(29)21(17-11-7-5-8-12-17)31-19(27)15-16-20(28)32-22(24(30)26(3)4)18-13-9-6-10-14-18/h5-16,21-22H,1-4H3/b16-15+/t21-,22-/m0/s1. The lowest BCUT2D eigenvalue weighted by Crippen LogP contribution is -2.31. The van der Waals surface area contributed by atoms with Gasteiger partial charge in [-0.15, -0.1) is 0 Å². The number of carbonyl (C=O) groups is 4. The molecule has 2 amide bonds. The number of benzene rings is 2. The van der Waals surface area contributed by atoms with Crippen molar-refractivity contribution in [2.75, 3.05) is 28.2 Å². The van der Waals surface area contributed by atoms with Crippen molar-refractivity contribution < 1.29 is 28.7 Å². The largest absolute Gasteiger partial charge is 0.444 e. The van der Waals surface area contributed by atoms with Crippen LogP contribution in [0.2, 0.25) is 0 Å². The molecule has 0 spiro atoms. The number of nitrogens with zero attached hydrogens (tertiary/aromatic N) is 2. The Bertz CT molecular complexity index is 891. The Labute approximate surface area is 187 Å². The van der Waals surface area contributed by atoms with Crippen LogP contribution in [0.4, 0.5) is 0 Å². The maximum absolute atomic E-state index is 12.4. The Balaban J connectivity index is 2.11. The zero-order valence-corrected chi connectivity index (χ0v) is 18.4. The van der Waals surface area contributed by atoms with Gasteiger partial charge in [0.15, 0.2) is 0 Å². The van der Waals surface area contributed by atoms with Crippen LogP contribution < -0.4 is 0 Å². The molecule has 2 aromatic rings.